The molecule has 0 amide bonds. The van der Waals surface area contributed by atoms with Crippen LogP contribution in [0.3, 0.4) is 0 Å². The molecular formula is C27H31FN2O2. The van der Waals surface area contributed by atoms with Crippen LogP contribution < -0.4 is 0 Å². The molecule has 1 N–H and O–H groups in total. The molecule has 2 fully saturated rings. The lowest BCUT2D eigenvalue weighted by Crippen LogP contribution is -2.49. The Kier molecular flexibility index (Phi) is 5.64. The molecule has 3 aromatic rings. The van der Waals surface area contributed by atoms with Crippen LogP contribution in [-0.2, 0) is 12.1 Å². The van der Waals surface area contributed by atoms with Crippen molar-refractivity contribution in [3.05, 3.63) is 71.7 Å². The highest BCUT2D eigenvalue weighted by Gasteiger charge is 2.47. The minimum atomic E-state index is -0.859. The highest BCUT2D eigenvalue weighted by Crippen LogP contribution is 2.45. The van der Waals surface area contributed by atoms with E-state index in [2.05, 4.69) is 15.5 Å². The minimum absolute atomic E-state index is 0.189. The van der Waals surface area contributed by atoms with Crippen LogP contribution in [0.2, 0.25) is 0 Å². The van der Waals surface area contributed by atoms with E-state index in [4.69, 9.17) is 0 Å². The molecule has 2 aromatic carbocycles. The van der Waals surface area contributed by atoms with Gasteiger partial charge in [-0.15, -0.1) is 0 Å². The number of fused-ring (bicyclic) bond motifs is 3. The van der Waals surface area contributed by atoms with Crippen LogP contribution in [0, 0.1) is 5.82 Å². The number of hydrogen-bond donors (Lipinski definition) is 1. The predicted molar refractivity (Wildman–Crippen MR) is 124 cm³/mol. The fraction of sp³-hybridized carbons (Fsp3) is 0.444. The van der Waals surface area contributed by atoms with E-state index in [1.807, 2.05) is 31.3 Å². The van der Waals surface area contributed by atoms with Gasteiger partial charge in [0.25, 0.3) is 0 Å². The topological polar surface area (TPSA) is 45.5 Å². The van der Waals surface area contributed by atoms with E-state index in [0.29, 0.717) is 31.3 Å². The molecular weight excluding hydrogens is 403 g/mol. The molecule has 32 heavy (non-hydrogen) atoms. The van der Waals surface area contributed by atoms with Gasteiger partial charge in [0, 0.05) is 54.3 Å². The van der Waals surface area contributed by atoms with Gasteiger partial charge in [0.1, 0.15) is 5.82 Å². The first-order chi connectivity index (χ1) is 15.5. The molecule has 2 aliphatic heterocycles. The van der Waals surface area contributed by atoms with Gasteiger partial charge < -0.3 is 9.67 Å². The maximum absolute atomic E-state index is 13.3. The second-order valence-corrected chi connectivity index (χ2v) is 9.45. The van der Waals surface area contributed by atoms with Crippen LogP contribution in [-0.4, -0.2) is 39.0 Å². The number of benzene rings is 2. The van der Waals surface area contributed by atoms with Gasteiger partial charge >= 0.3 is 0 Å². The van der Waals surface area contributed by atoms with Gasteiger partial charge in [0.2, 0.25) is 0 Å². The van der Waals surface area contributed by atoms with Crippen LogP contribution in [0.1, 0.15) is 61.4 Å². The molecule has 5 heteroatoms. The van der Waals surface area contributed by atoms with E-state index in [-0.39, 0.29) is 11.6 Å². The van der Waals surface area contributed by atoms with Gasteiger partial charge in [-0.05, 0) is 55.9 Å². The average Bonchev–Trinajstić information content (AvgIpc) is 3.29. The zero-order valence-corrected chi connectivity index (χ0v) is 18.6. The first-order valence-corrected chi connectivity index (χ1v) is 11.8. The van der Waals surface area contributed by atoms with Crippen molar-refractivity contribution >= 4 is 16.7 Å². The highest BCUT2D eigenvalue weighted by molar-refractivity contribution is 6.07. The third-order valence-electron chi connectivity index (χ3n) is 7.52. The lowest BCUT2D eigenvalue weighted by molar-refractivity contribution is -0.0572. The van der Waals surface area contributed by atoms with Crippen molar-refractivity contribution in [3.8, 4) is 0 Å². The number of para-hydroxylation sites is 1. The standard InChI is InChI=1S/C27H31FN2O2/c1-2-26(31)24-18-29(25-7-4-3-6-23(24)25)14-5-15-30-21-12-13-22(30)17-27(32,16-21)19-8-10-20(28)11-9-19/h3-4,6-11,18,21-22,32H,2,5,12-17H2,1H3. The van der Waals surface area contributed by atoms with Crippen molar-refractivity contribution in [1.29, 1.82) is 0 Å². The van der Waals surface area contributed by atoms with Gasteiger partial charge in [0.05, 0.1) is 5.60 Å². The van der Waals surface area contributed by atoms with E-state index >= 15 is 0 Å². The first-order valence-electron chi connectivity index (χ1n) is 11.8. The van der Waals surface area contributed by atoms with Gasteiger partial charge in [0.15, 0.2) is 5.78 Å². The van der Waals surface area contributed by atoms with Crippen molar-refractivity contribution in [1.82, 2.24) is 9.47 Å². The largest absolute Gasteiger partial charge is 0.385 e. The average molecular weight is 435 g/mol. The number of aliphatic hydroxyl groups is 1. The van der Waals surface area contributed by atoms with Gasteiger partial charge in [-0.2, -0.15) is 0 Å². The normalized spacial score (nSPS) is 25.5. The number of carbonyl (C=O) groups excluding carboxylic acids is 1. The monoisotopic (exact) mass is 434 g/mol. The van der Waals surface area contributed by atoms with Gasteiger partial charge in [-0.3, -0.25) is 9.69 Å². The van der Waals surface area contributed by atoms with Gasteiger partial charge in [-0.1, -0.05) is 37.3 Å². The van der Waals surface area contributed by atoms with Crippen molar-refractivity contribution in [2.24, 2.45) is 0 Å². The number of Topliss-reactive ketones (excluding diaryl/α,β-unsaturated/α-hetero) is 1. The summed E-state index contributed by atoms with van der Waals surface area (Å²) in [7, 11) is 0. The second-order valence-electron chi connectivity index (χ2n) is 9.45. The van der Waals surface area contributed by atoms with E-state index in [1.54, 1.807) is 12.1 Å². The zero-order valence-electron chi connectivity index (χ0n) is 18.6. The van der Waals surface area contributed by atoms with Crippen LogP contribution in [0.25, 0.3) is 10.9 Å². The highest BCUT2D eigenvalue weighted by atomic mass is 19.1. The molecule has 2 bridgehead atoms. The maximum Gasteiger partial charge on any atom is 0.164 e. The minimum Gasteiger partial charge on any atom is -0.385 e. The second kappa shape index (κ2) is 8.45. The summed E-state index contributed by atoms with van der Waals surface area (Å²) in [5, 5.41) is 12.4. The lowest BCUT2D eigenvalue weighted by atomic mass is 9.80. The Hall–Kier alpha value is -2.50. The first kappa shape index (κ1) is 21.4. The Balaban J connectivity index is 1.26. The van der Waals surface area contributed by atoms with E-state index in [1.165, 1.54) is 12.1 Å². The number of carbonyl (C=O) groups is 1. The molecule has 2 aliphatic rings. The summed E-state index contributed by atoms with van der Waals surface area (Å²) in [5.41, 5.74) is 1.92. The Labute approximate surface area is 188 Å². The molecule has 2 atom stereocenters. The fourth-order valence-corrected chi connectivity index (χ4v) is 5.95. The number of piperidine rings is 1. The third-order valence-corrected chi connectivity index (χ3v) is 7.52. The Morgan fingerprint density at radius 3 is 2.44 bits per heavy atom. The molecule has 5 rings (SSSR count). The number of aromatic nitrogens is 1. The lowest BCUT2D eigenvalue weighted by Gasteiger charge is -2.44. The number of aryl methyl sites for hydroxylation is 1. The molecule has 2 saturated heterocycles. The molecule has 0 radical (unpaired) electrons. The summed E-state index contributed by atoms with van der Waals surface area (Å²) in [4.78, 5) is 15.0. The van der Waals surface area contributed by atoms with Crippen LogP contribution in [0.4, 0.5) is 4.39 Å². The number of hydrogen-bond acceptors (Lipinski definition) is 3. The summed E-state index contributed by atoms with van der Waals surface area (Å²) < 4.78 is 15.6. The zero-order chi connectivity index (χ0) is 22.3. The van der Waals surface area contributed by atoms with Crippen LogP contribution >= 0.6 is 0 Å². The van der Waals surface area contributed by atoms with Crippen LogP contribution in [0.5, 0.6) is 0 Å². The summed E-state index contributed by atoms with van der Waals surface area (Å²) in [6.07, 6.45) is 7.16. The third kappa shape index (κ3) is 3.78. The molecule has 168 valence electrons. The van der Waals surface area contributed by atoms with E-state index in [9.17, 15) is 14.3 Å². The number of nitrogens with zero attached hydrogens (tertiary/aromatic N) is 2. The summed E-state index contributed by atoms with van der Waals surface area (Å²) in [5.74, 6) is -0.0757. The Bertz CT molecular complexity index is 1110. The molecule has 3 heterocycles. The summed E-state index contributed by atoms with van der Waals surface area (Å²) in [6, 6.07) is 15.2. The Morgan fingerprint density at radius 1 is 1.06 bits per heavy atom. The molecule has 0 spiro atoms. The van der Waals surface area contributed by atoms with Crippen LogP contribution in [0.15, 0.2) is 54.7 Å². The van der Waals surface area contributed by atoms with Gasteiger partial charge in [-0.25, -0.2) is 4.39 Å². The Morgan fingerprint density at radius 2 is 1.75 bits per heavy atom. The summed E-state index contributed by atoms with van der Waals surface area (Å²) in [6.45, 7) is 3.77. The fourth-order valence-electron chi connectivity index (χ4n) is 5.95. The van der Waals surface area contributed by atoms with E-state index in [0.717, 1.165) is 54.4 Å². The summed E-state index contributed by atoms with van der Waals surface area (Å²) >= 11 is 0. The SMILES string of the molecule is CCC(=O)c1cn(CCCN2C3CCC2CC(O)(c2ccc(F)cc2)C3)c2ccccc12. The van der Waals surface area contributed by atoms with Crippen molar-refractivity contribution in [3.63, 3.8) is 0 Å². The predicted octanol–water partition coefficient (Wildman–Crippen LogP) is 5.28. The van der Waals surface area contributed by atoms with E-state index < -0.39 is 5.60 Å². The molecule has 0 aliphatic carbocycles. The maximum atomic E-state index is 13.3. The smallest absolute Gasteiger partial charge is 0.164 e. The van der Waals surface area contributed by atoms with Crippen molar-refractivity contribution in [2.75, 3.05) is 6.54 Å². The molecule has 2 unspecified atom stereocenters. The van der Waals surface area contributed by atoms with Crippen molar-refractivity contribution < 1.29 is 14.3 Å². The number of ketones is 1. The quantitative estimate of drug-likeness (QED) is 0.515. The number of rotatable bonds is 7. The molecule has 0 saturated carbocycles. The molecule has 4 nitrogen and oxygen atoms in total. The number of halogens is 1. The van der Waals surface area contributed by atoms with Crippen molar-refractivity contribution in [2.45, 2.75) is 69.7 Å². The molecule has 1 aromatic heterocycles.